The number of hydrogen-bond donors (Lipinski definition) is 2. The minimum atomic E-state index is -0.634. The number of hydrogen-bond acceptors (Lipinski definition) is 3. The van der Waals surface area contributed by atoms with Gasteiger partial charge in [-0.25, -0.2) is 0 Å². The second kappa shape index (κ2) is 7.73. The topological polar surface area (TPSA) is 64.3 Å². The van der Waals surface area contributed by atoms with Crippen molar-refractivity contribution in [1.82, 2.24) is 5.32 Å². The van der Waals surface area contributed by atoms with Gasteiger partial charge in [-0.1, -0.05) is 48.0 Å². The minimum Gasteiger partial charge on any atom is -0.383 e. The van der Waals surface area contributed by atoms with Gasteiger partial charge in [0.25, 0.3) is 0 Å². The van der Waals surface area contributed by atoms with E-state index in [1.165, 1.54) is 12.7 Å². The average molecular weight is 298 g/mol. The van der Waals surface area contributed by atoms with Crippen molar-refractivity contribution in [3.8, 4) is 11.1 Å². The minimum absolute atomic E-state index is 0.206. The van der Waals surface area contributed by atoms with Gasteiger partial charge in [-0.05, 0) is 29.7 Å². The summed E-state index contributed by atoms with van der Waals surface area (Å²) in [6, 6.07) is 15.9. The molecular weight excluding hydrogens is 276 g/mol. The van der Waals surface area contributed by atoms with Gasteiger partial charge in [-0.2, -0.15) is 0 Å². The highest BCUT2D eigenvalue weighted by Crippen LogP contribution is 2.20. The number of nitrogens with two attached hydrogens (primary N) is 1. The van der Waals surface area contributed by atoms with E-state index >= 15 is 0 Å². The zero-order chi connectivity index (χ0) is 15.9. The quantitative estimate of drug-likeness (QED) is 0.859. The van der Waals surface area contributed by atoms with Crippen molar-refractivity contribution in [3.05, 3.63) is 59.7 Å². The summed E-state index contributed by atoms with van der Waals surface area (Å²) in [6.07, 6.45) is 0. The number of rotatable bonds is 6. The normalized spacial score (nSPS) is 12.0. The molecule has 0 aliphatic rings. The third kappa shape index (κ3) is 4.41. The maximum Gasteiger partial charge on any atom is 0.239 e. The van der Waals surface area contributed by atoms with E-state index in [1.807, 2.05) is 12.1 Å². The van der Waals surface area contributed by atoms with Crippen LogP contribution in [0.3, 0.4) is 0 Å². The zero-order valence-electron chi connectivity index (χ0n) is 13.0. The van der Waals surface area contributed by atoms with Gasteiger partial charge in [0.1, 0.15) is 6.04 Å². The van der Waals surface area contributed by atoms with Crippen LogP contribution in [-0.4, -0.2) is 25.7 Å². The molecule has 1 amide bonds. The van der Waals surface area contributed by atoms with Crippen LogP contribution in [0.2, 0.25) is 0 Å². The van der Waals surface area contributed by atoms with Gasteiger partial charge in [0.05, 0.1) is 6.61 Å². The van der Waals surface area contributed by atoms with Gasteiger partial charge in [0.15, 0.2) is 0 Å². The lowest BCUT2D eigenvalue weighted by atomic mass is 10.0. The van der Waals surface area contributed by atoms with E-state index in [1.54, 1.807) is 0 Å². The van der Waals surface area contributed by atoms with Gasteiger partial charge < -0.3 is 15.8 Å². The van der Waals surface area contributed by atoms with E-state index in [4.69, 9.17) is 10.5 Å². The number of methoxy groups -OCH3 is 1. The van der Waals surface area contributed by atoms with Crippen molar-refractivity contribution in [1.29, 1.82) is 0 Å². The molecule has 2 aromatic rings. The van der Waals surface area contributed by atoms with Crippen LogP contribution in [0.15, 0.2) is 48.5 Å². The molecule has 0 fully saturated rings. The summed E-state index contributed by atoms with van der Waals surface area (Å²) in [5.41, 5.74) is 10.3. The third-order valence-corrected chi connectivity index (χ3v) is 3.46. The number of aryl methyl sites for hydroxylation is 1. The number of carbonyl (C=O) groups is 1. The first kappa shape index (κ1) is 16.2. The first-order valence-electron chi connectivity index (χ1n) is 7.28. The summed E-state index contributed by atoms with van der Waals surface area (Å²) in [6.45, 7) is 2.74. The highest BCUT2D eigenvalue weighted by atomic mass is 16.5. The first-order chi connectivity index (χ1) is 10.6. The van der Waals surface area contributed by atoms with Crippen molar-refractivity contribution in [2.24, 2.45) is 5.73 Å². The third-order valence-electron chi connectivity index (χ3n) is 3.46. The molecule has 4 nitrogen and oxygen atoms in total. The number of amides is 1. The van der Waals surface area contributed by atoms with Crippen molar-refractivity contribution >= 4 is 5.91 Å². The molecular formula is C18H22N2O2. The summed E-state index contributed by atoms with van der Waals surface area (Å²) < 4.78 is 4.88. The Morgan fingerprint density at radius 1 is 1.18 bits per heavy atom. The summed E-state index contributed by atoms with van der Waals surface area (Å²) in [4.78, 5) is 11.8. The molecule has 116 valence electrons. The molecule has 0 radical (unpaired) electrons. The fourth-order valence-electron chi connectivity index (χ4n) is 2.18. The molecule has 0 bridgehead atoms. The maximum absolute atomic E-state index is 11.8. The molecule has 0 saturated heterocycles. The number of nitrogens with one attached hydrogen (secondary N) is 1. The fourth-order valence-corrected chi connectivity index (χ4v) is 2.18. The van der Waals surface area contributed by atoms with Crippen LogP contribution < -0.4 is 11.1 Å². The number of benzene rings is 2. The molecule has 0 aliphatic carbocycles. The average Bonchev–Trinajstić information content (AvgIpc) is 2.54. The molecule has 0 aromatic heterocycles. The van der Waals surface area contributed by atoms with Crippen LogP contribution in [0.1, 0.15) is 11.1 Å². The molecule has 2 aromatic carbocycles. The Balaban J connectivity index is 2.03. The molecule has 0 heterocycles. The van der Waals surface area contributed by atoms with Crippen molar-refractivity contribution in [2.75, 3.05) is 13.7 Å². The number of carbonyl (C=O) groups excluding carboxylic acids is 1. The lowest BCUT2D eigenvalue weighted by Crippen LogP contribution is -2.43. The highest BCUT2D eigenvalue weighted by molar-refractivity contribution is 5.81. The largest absolute Gasteiger partial charge is 0.383 e. The van der Waals surface area contributed by atoms with Crippen molar-refractivity contribution in [3.63, 3.8) is 0 Å². The maximum atomic E-state index is 11.8. The Kier molecular flexibility index (Phi) is 5.69. The summed E-state index contributed by atoms with van der Waals surface area (Å²) in [7, 11) is 1.53. The Morgan fingerprint density at radius 2 is 1.91 bits per heavy atom. The summed E-state index contributed by atoms with van der Waals surface area (Å²) >= 11 is 0. The van der Waals surface area contributed by atoms with Crippen LogP contribution in [0.5, 0.6) is 0 Å². The van der Waals surface area contributed by atoms with Crippen molar-refractivity contribution < 1.29 is 9.53 Å². The molecule has 4 heteroatoms. The van der Waals surface area contributed by atoms with Gasteiger partial charge in [-0.15, -0.1) is 0 Å². The van der Waals surface area contributed by atoms with Gasteiger partial charge >= 0.3 is 0 Å². The fraction of sp³-hybridized carbons (Fsp3) is 0.278. The second-order valence-corrected chi connectivity index (χ2v) is 5.35. The standard InChI is InChI=1S/C18H22N2O2/c1-13-6-8-15(9-7-13)16-5-3-4-14(10-16)11-20-18(21)17(19)12-22-2/h3-10,17H,11-12,19H2,1-2H3,(H,20,21). The predicted octanol–water partition coefficient (Wildman–Crippen LogP) is 2.25. The zero-order valence-corrected chi connectivity index (χ0v) is 13.0. The van der Waals surface area contributed by atoms with Crippen molar-refractivity contribution in [2.45, 2.75) is 19.5 Å². The molecule has 3 N–H and O–H groups in total. The lowest BCUT2D eigenvalue weighted by Gasteiger charge is -2.12. The molecule has 0 aliphatic heterocycles. The molecule has 0 spiro atoms. The second-order valence-electron chi connectivity index (χ2n) is 5.35. The van der Waals surface area contributed by atoms with Crippen LogP contribution >= 0.6 is 0 Å². The molecule has 1 unspecified atom stereocenters. The van der Waals surface area contributed by atoms with Crippen LogP contribution in [0.4, 0.5) is 0 Å². The van der Waals surface area contributed by atoms with E-state index in [0.29, 0.717) is 6.54 Å². The smallest absolute Gasteiger partial charge is 0.239 e. The Morgan fingerprint density at radius 3 is 2.59 bits per heavy atom. The molecule has 1 atom stereocenters. The molecule has 2 rings (SSSR count). The molecule has 0 saturated carbocycles. The predicted molar refractivity (Wildman–Crippen MR) is 88.3 cm³/mol. The van der Waals surface area contributed by atoms with Gasteiger partial charge in [-0.3, -0.25) is 4.79 Å². The van der Waals surface area contributed by atoms with Gasteiger partial charge in [0.2, 0.25) is 5.91 Å². The highest BCUT2D eigenvalue weighted by Gasteiger charge is 2.12. The summed E-state index contributed by atoms with van der Waals surface area (Å²) in [5, 5.41) is 2.83. The monoisotopic (exact) mass is 298 g/mol. The first-order valence-corrected chi connectivity index (χ1v) is 7.28. The van der Waals surface area contributed by atoms with Gasteiger partial charge in [0, 0.05) is 13.7 Å². The Labute approximate surface area is 131 Å². The van der Waals surface area contributed by atoms with E-state index in [2.05, 4.69) is 48.6 Å². The van der Waals surface area contributed by atoms with E-state index in [0.717, 1.165) is 16.7 Å². The van der Waals surface area contributed by atoms with E-state index in [9.17, 15) is 4.79 Å². The van der Waals surface area contributed by atoms with Crippen LogP contribution in [0.25, 0.3) is 11.1 Å². The lowest BCUT2D eigenvalue weighted by molar-refractivity contribution is -0.123. The number of ether oxygens (including phenoxy) is 1. The van der Waals surface area contributed by atoms with Crippen LogP contribution in [-0.2, 0) is 16.1 Å². The SMILES string of the molecule is COCC(N)C(=O)NCc1cccc(-c2ccc(C)cc2)c1. The summed E-state index contributed by atoms with van der Waals surface area (Å²) in [5.74, 6) is -0.206. The van der Waals surface area contributed by atoms with E-state index in [-0.39, 0.29) is 12.5 Å². The Bertz CT molecular complexity index is 623. The molecule has 22 heavy (non-hydrogen) atoms. The van der Waals surface area contributed by atoms with Crippen LogP contribution in [0, 0.1) is 6.92 Å². The Hall–Kier alpha value is -2.17. The van der Waals surface area contributed by atoms with E-state index < -0.39 is 6.04 Å².